The lowest BCUT2D eigenvalue weighted by Gasteiger charge is -2.09. The quantitative estimate of drug-likeness (QED) is 0.408. The Morgan fingerprint density at radius 2 is 1.93 bits per heavy atom. The molecule has 6 heteroatoms. The molecule has 4 rings (SSSR count). The summed E-state index contributed by atoms with van der Waals surface area (Å²) in [5, 5.41) is 5.12. The normalized spacial score (nSPS) is 11.0. The molecule has 29 heavy (non-hydrogen) atoms. The highest BCUT2D eigenvalue weighted by atomic mass is 32.1. The summed E-state index contributed by atoms with van der Waals surface area (Å²) in [7, 11) is 0. The molecular weight excluding hydrogens is 382 g/mol. The number of nitrogens with one attached hydrogen (secondary N) is 1. The molecule has 0 bridgehead atoms. The molecule has 0 atom stereocenters. The van der Waals surface area contributed by atoms with Gasteiger partial charge in [-0.2, -0.15) is 0 Å². The molecule has 0 aliphatic carbocycles. The Kier molecular flexibility index (Phi) is 6.32. The van der Waals surface area contributed by atoms with Crippen LogP contribution in [0.15, 0.2) is 60.8 Å². The van der Waals surface area contributed by atoms with Gasteiger partial charge in [0.25, 0.3) is 0 Å². The Morgan fingerprint density at radius 3 is 2.86 bits per heavy atom. The van der Waals surface area contributed by atoms with E-state index in [0.717, 1.165) is 46.4 Å². The zero-order valence-corrected chi connectivity index (χ0v) is 17.0. The number of hydrogen-bond acceptors (Lipinski definition) is 5. The van der Waals surface area contributed by atoms with Gasteiger partial charge in [-0.3, -0.25) is 9.78 Å². The van der Waals surface area contributed by atoms with Crippen molar-refractivity contribution in [2.24, 2.45) is 0 Å². The molecule has 0 fully saturated rings. The minimum atomic E-state index is 0.0814. The Hall–Kier alpha value is -2.99. The van der Waals surface area contributed by atoms with Gasteiger partial charge in [-0.1, -0.05) is 30.3 Å². The van der Waals surface area contributed by atoms with Gasteiger partial charge in [0, 0.05) is 24.5 Å². The van der Waals surface area contributed by atoms with E-state index in [0.29, 0.717) is 19.6 Å². The lowest BCUT2D eigenvalue weighted by atomic mass is 10.2. The molecule has 0 spiro atoms. The summed E-state index contributed by atoms with van der Waals surface area (Å²) >= 11 is 1.71. The van der Waals surface area contributed by atoms with Crippen LogP contribution < -0.4 is 10.1 Å². The molecule has 4 aromatic rings. The van der Waals surface area contributed by atoms with Gasteiger partial charge in [0.2, 0.25) is 5.91 Å². The summed E-state index contributed by atoms with van der Waals surface area (Å²) in [4.78, 5) is 21.0. The van der Waals surface area contributed by atoms with E-state index in [1.54, 1.807) is 17.5 Å². The number of ether oxygens (including phenoxy) is 1. The molecule has 0 aliphatic heterocycles. The summed E-state index contributed by atoms with van der Waals surface area (Å²) in [6.07, 6.45) is 4.69. The Balaban J connectivity index is 1.14. The van der Waals surface area contributed by atoms with Crippen molar-refractivity contribution in [3.05, 3.63) is 65.8 Å². The highest BCUT2D eigenvalue weighted by Gasteiger charge is 2.06. The van der Waals surface area contributed by atoms with E-state index in [2.05, 4.69) is 21.4 Å². The van der Waals surface area contributed by atoms with Crippen LogP contribution in [-0.4, -0.2) is 29.0 Å². The van der Waals surface area contributed by atoms with Crippen LogP contribution in [0.25, 0.3) is 21.1 Å². The largest absolute Gasteiger partial charge is 0.491 e. The highest BCUT2D eigenvalue weighted by molar-refractivity contribution is 7.18. The second-order valence-electron chi connectivity index (χ2n) is 6.81. The molecule has 2 aromatic carbocycles. The molecule has 5 nitrogen and oxygen atoms in total. The first kappa shape index (κ1) is 19.3. The van der Waals surface area contributed by atoms with Gasteiger partial charge in [0.05, 0.1) is 21.8 Å². The smallest absolute Gasteiger partial charge is 0.220 e. The van der Waals surface area contributed by atoms with Crippen molar-refractivity contribution in [2.45, 2.75) is 25.7 Å². The molecule has 2 aromatic heterocycles. The lowest BCUT2D eigenvalue weighted by molar-refractivity contribution is -0.121. The van der Waals surface area contributed by atoms with Crippen molar-refractivity contribution in [1.29, 1.82) is 0 Å². The van der Waals surface area contributed by atoms with Crippen LogP contribution in [0.4, 0.5) is 0 Å². The molecule has 2 heterocycles. The predicted octanol–water partition coefficient (Wildman–Crippen LogP) is 4.75. The summed E-state index contributed by atoms with van der Waals surface area (Å²) < 4.78 is 7.05. The monoisotopic (exact) mass is 405 g/mol. The third-order valence-electron chi connectivity index (χ3n) is 4.63. The maximum Gasteiger partial charge on any atom is 0.220 e. The zero-order valence-electron chi connectivity index (χ0n) is 16.1. The number of amides is 1. The second kappa shape index (κ2) is 9.47. The van der Waals surface area contributed by atoms with E-state index < -0.39 is 0 Å². The van der Waals surface area contributed by atoms with Crippen molar-refractivity contribution >= 4 is 38.4 Å². The van der Waals surface area contributed by atoms with E-state index >= 15 is 0 Å². The average molecular weight is 406 g/mol. The first-order chi connectivity index (χ1) is 14.3. The number of hydrogen-bond donors (Lipinski definition) is 1. The van der Waals surface area contributed by atoms with E-state index in [1.165, 1.54) is 4.70 Å². The van der Waals surface area contributed by atoms with Gasteiger partial charge in [-0.15, -0.1) is 11.3 Å². The number of carbonyl (C=O) groups is 1. The Morgan fingerprint density at radius 1 is 1.03 bits per heavy atom. The summed E-state index contributed by atoms with van der Waals surface area (Å²) in [5.41, 5.74) is 1.91. The number of pyridine rings is 1. The fourth-order valence-corrected chi connectivity index (χ4v) is 4.20. The van der Waals surface area contributed by atoms with Crippen molar-refractivity contribution in [3.8, 4) is 5.75 Å². The SMILES string of the molecule is O=C(CCCc1nc2ccccc2s1)NCCCOc1cccc2cccnc12. The van der Waals surface area contributed by atoms with Crippen LogP contribution in [0, 0.1) is 0 Å². The number of aryl methyl sites for hydroxylation is 1. The van der Waals surface area contributed by atoms with Crippen LogP contribution in [0.5, 0.6) is 5.75 Å². The molecular formula is C23H23N3O2S. The first-order valence-electron chi connectivity index (χ1n) is 9.87. The minimum absolute atomic E-state index is 0.0814. The molecule has 0 aliphatic rings. The fourth-order valence-electron chi connectivity index (χ4n) is 3.19. The van der Waals surface area contributed by atoms with Crippen molar-refractivity contribution in [1.82, 2.24) is 15.3 Å². The van der Waals surface area contributed by atoms with Crippen LogP contribution in [0.2, 0.25) is 0 Å². The Labute approximate surface area is 173 Å². The summed E-state index contributed by atoms with van der Waals surface area (Å²) in [5.74, 6) is 0.864. The molecule has 0 unspecified atom stereocenters. The zero-order chi connectivity index (χ0) is 19.9. The van der Waals surface area contributed by atoms with Gasteiger partial charge < -0.3 is 10.1 Å². The van der Waals surface area contributed by atoms with E-state index in [1.807, 2.05) is 48.5 Å². The number of thiazole rings is 1. The molecule has 0 radical (unpaired) electrons. The van der Waals surface area contributed by atoms with Crippen molar-refractivity contribution in [3.63, 3.8) is 0 Å². The van der Waals surface area contributed by atoms with Gasteiger partial charge in [0.15, 0.2) is 0 Å². The van der Waals surface area contributed by atoms with Crippen LogP contribution in [0.3, 0.4) is 0 Å². The molecule has 1 N–H and O–H groups in total. The summed E-state index contributed by atoms with van der Waals surface area (Å²) in [6, 6.07) is 18.0. The number of carbonyl (C=O) groups excluding carboxylic acids is 1. The number of para-hydroxylation sites is 2. The van der Waals surface area contributed by atoms with E-state index in [-0.39, 0.29) is 5.91 Å². The maximum atomic E-state index is 12.0. The molecule has 0 saturated carbocycles. The average Bonchev–Trinajstić information content (AvgIpc) is 3.16. The van der Waals surface area contributed by atoms with E-state index in [4.69, 9.17) is 4.74 Å². The standard InChI is InChI=1S/C23H23N3O2S/c27-21(12-4-13-22-26-18-9-1-2-11-20(18)29-22)24-15-6-16-28-19-10-3-7-17-8-5-14-25-23(17)19/h1-3,5,7-11,14H,4,6,12-13,15-16H2,(H,24,27). The molecule has 0 saturated heterocycles. The number of rotatable bonds is 9. The van der Waals surface area contributed by atoms with Crippen LogP contribution in [-0.2, 0) is 11.2 Å². The molecule has 148 valence electrons. The first-order valence-corrected chi connectivity index (χ1v) is 10.7. The van der Waals surface area contributed by atoms with Gasteiger partial charge in [-0.25, -0.2) is 4.98 Å². The third-order valence-corrected chi connectivity index (χ3v) is 5.73. The highest BCUT2D eigenvalue weighted by Crippen LogP contribution is 2.23. The van der Waals surface area contributed by atoms with Crippen LogP contribution in [0.1, 0.15) is 24.3 Å². The van der Waals surface area contributed by atoms with Gasteiger partial charge in [-0.05, 0) is 43.5 Å². The number of nitrogens with zero attached hydrogens (tertiary/aromatic N) is 2. The fraction of sp³-hybridized carbons (Fsp3) is 0.261. The number of benzene rings is 2. The minimum Gasteiger partial charge on any atom is -0.491 e. The van der Waals surface area contributed by atoms with Crippen molar-refractivity contribution < 1.29 is 9.53 Å². The van der Waals surface area contributed by atoms with Gasteiger partial charge in [0.1, 0.15) is 11.3 Å². The van der Waals surface area contributed by atoms with Gasteiger partial charge >= 0.3 is 0 Å². The molecule has 1 amide bonds. The predicted molar refractivity (Wildman–Crippen MR) is 117 cm³/mol. The summed E-state index contributed by atoms with van der Waals surface area (Å²) in [6.45, 7) is 1.15. The number of aromatic nitrogens is 2. The van der Waals surface area contributed by atoms with E-state index in [9.17, 15) is 4.79 Å². The topological polar surface area (TPSA) is 64.1 Å². The Bertz CT molecular complexity index is 1070. The lowest BCUT2D eigenvalue weighted by Crippen LogP contribution is -2.25. The van der Waals surface area contributed by atoms with Crippen LogP contribution >= 0.6 is 11.3 Å². The maximum absolute atomic E-state index is 12.0. The number of fused-ring (bicyclic) bond motifs is 2. The second-order valence-corrected chi connectivity index (χ2v) is 7.93. The van der Waals surface area contributed by atoms with Crippen molar-refractivity contribution in [2.75, 3.05) is 13.2 Å². The third kappa shape index (κ3) is 5.09.